The normalized spacial score (nSPS) is 10.0. The fourth-order valence-corrected chi connectivity index (χ4v) is 1.56. The van der Waals surface area contributed by atoms with Crippen LogP contribution < -0.4 is 10.5 Å². The molecule has 4 nitrogen and oxygen atoms in total. The fourth-order valence-electron chi connectivity index (χ4n) is 0.996. The highest BCUT2D eigenvalue weighted by molar-refractivity contribution is 6.36. The van der Waals surface area contributed by atoms with Gasteiger partial charge in [-0.05, 0) is 12.1 Å². The number of nitrogens with zero attached hydrogens (tertiary/aromatic N) is 1. The van der Waals surface area contributed by atoms with Crippen LogP contribution in [-0.4, -0.2) is 31.5 Å². The predicted octanol–water partition coefficient (Wildman–Crippen LogP) is 2.04. The maximum Gasteiger partial charge on any atom is 0.259 e. The van der Waals surface area contributed by atoms with Crippen LogP contribution in [0.25, 0.3) is 0 Å². The van der Waals surface area contributed by atoms with Gasteiger partial charge in [-0.1, -0.05) is 23.2 Å². The molecule has 0 unspecified atom stereocenters. The summed E-state index contributed by atoms with van der Waals surface area (Å²) in [6.45, 7) is -0.113. The fraction of sp³-hybridized carbons (Fsp3) is 0.300. The Kier molecular flexibility index (Phi) is 4.26. The quantitative estimate of drug-likeness (QED) is 0.849. The first-order chi connectivity index (χ1) is 7.41. The summed E-state index contributed by atoms with van der Waals surface area (Å²) in [7, 11) is 3.27. The van der Waals surface area contributed by atoms with E-state index in [-0.39, 0.29) is 23.3 Å². The number of nitrogens with two attached hydrogens (primary N) is 1. The molecule has 16 heavy (non-hydrogen) atoms. The average molecular weight is 263 g/mol. The van der Waals surface area contributed by atoms with E-state index in [2.05, 4.69) is 0 Å². The van der Waals surface area contributed by atoms with Crippen molar-refractivity contribution in [1.82, 2.24) is 4.90 Å². The van der Waals surface area contributed by atoms with Crippen LogP contribution in [0.15, 0.2) is 12.1 Å². The second kappa shape index (κ2) is 5.27. The number of carbonyl (C=O) groups is 1. The van der Waals surface area contributed by atoms with Gasteiger partial charge in [0.2, 0.25) is 0 Å². The largest absolute Gasteiger partial charge is 0.480 e. The lowest BCUT2D eigenvalue weighted by Crippen LogP contribution is -2.27. The van der Waals surface area contributed by atoms with Crippen molar-refractivity contribution >= 4 is 34.8 Å². The zero-order chi connectivity index (χ0) is 12.3. The Balaban J connectivity index is 2.78. The molecule has 88 valence electrons. The van der Waals surface area contributed by atoms with E-state index in [0.29, 0.717) is 10.7 Å². The highest BCUT2D eigenvalue weighted by Gasteiger charge is 2.11. The van der Waals surface area contributed by atoms with Crippen molar-refractivity contribution in [2.24, 2.45) is 0 Å². The topological polar surface area (TPSA) is 55.6 Å². The molecule has 0 saturated heterocycles. The Bertz CT molecular complexity index is 385. The SMILES string of the molecule is CN(C)C(=O)COc1c(N)cc(Cl)cc1Cl. The summed E-state index contributed by atoms with van der Waals surface area (Å²) in [5, 5.41) is 0.713. The summed E-state index contributed by atoms with van der Waals surface area (Å²) >= 11 is 11.6. The lowest BCUT2D eigenvalue weighted by atomic mass is 10.3. The van der Waals surface area contributed by atoms with E-state index < -0.39 is 0 Å². The van der Waals surface area contributed by atoms with Crippen LogP contribution in [0.1, 0.15) is 0 Å². The van der Waals surface area contributed by atoms with Gasteiger partial charge < -0.3 is 15.4 Å². The van der Waals surface area contributed by atoms with Crippen molar-refractivity contribution in [2.75, 3.05) is 26.4 Å². The molecular formula is C10H12Cl2N2O2. The summed E-state index contributed by atoms with van der Waals surface area (Å²) in [5.74, 6) is 0.103. The highest BCUT2D eigenvalue weighted by atomic mass is 35.5. The molecule has 1 aromatic rings. The molecule has 0 aliphatic heterocycles. The number of hydrogen-bond acceptors (Lipinski definition) is 3. The highest BCUT2D eigenvalue weighted by Crippen LogP contribution is 2.34. The molecule has 0 spiro atoms. The van der Waals surface area contributed by atoms with Gasteiger partial charge in [0.15, 0.2) is 12.4 Å². The van der Waals surface area contributed by atoms with Gasteiger partial charge in [0.05, 0.1) is 10.7 Å². The van der Waals surface area contributed by atoms with Gasteiger partial charge in [-0.25, -0.2) is 0 Å². The van der Waals surface area contributed by atoms with E-state index in [1.165, 1.54) is 17.0 Å². The minimum Gasteiger partial charge on any atom is -0.480 e. The second-order valence-electron chi connectivity index (χ2n) is 3.38. The first-order valence-electron chi connectivity index (χ1n) is 4.49. The van der Waals surface area contributed by atoms with Crippen LogP contribution in [-0.2, 0) is 4.79 Å². The van der Waals surface area contributed by atoms with Gasteiger partial charge in [0, 0.05) is 19.1 Å². The van der Waals surface area contributed by atoms with Crippen molar-refractivity contribution in [3.8, 4) is 5.75 Å². The lowest BCUT2D eigenvalue weighted by Gasteiger charge is -2.13. The number of anilines is 1. The lowest BCUT2D eigenvalue weighted by molar-refractivity contribution is -0.130. The molecule has 0 radical (unpaired) electrons. The van der Waals surface area contributed by atoms with Crippen molar-refractivity contribution in [3.05, 3.63) is 22.2 Å². The molecule has 0 aliphatic carbocycles. The van der Waals surface area contributed by atoms with E-state index in [1.54, 1.807) is 14.1 Å². The molecule has 1 aromatic carbocycles. The van der Waals surface area contributed by atoms with E-state index >= 15 is 0 Å². The zero-order valence-electron chi connectivity index (χ0n) is 8.96. The molecule has 0 aliphatic rings. The van der Waals surface area contributed by atoms with Gasteiger partial charge in [-0.2, -0.15) is 0 Å². The number of nitrogen functional groups attached to an aromatic ring is 1. The third-order valence-corrected chi connectivity index (χ3v) is 2.37. The monoisotopic (exact) mass is 262 g/mol. The summed E-state index contributed by atoms with van der Waals surface area (Å²) in [6.07, 6.45) is 0. The van der Waals surface area contributed by atoms with Crippen molar-refractivity contribution < 1.29 is 9.53 Å². The van der Waals surface area contributed by atoms with E-state index in [9.17, 15) is 4.79 Å². The van der Waals surface area contributed by atoms with Crippen LogP contribution in [0.4, 0.5) is 5.69 Å². The summed E-state index contributed by atoms with van der Waals surface area (Å²) < 4.78 is 5.24. The molecule has 0 aromatic heterocycles. The maximum atomic E-state index is 11.3. The Morgan fingerprint density at radius 3 is 2.56 bits per heavy atom. The smallest absolute Gasteiger partial charge is 0.259 e. The summed E-state index contributed by atoms with van der Waals surface area (Å²) in [4.78, 5) is 12.7. The second-order valence-corrected chi connectivity index (χ2v) is 4.23. The van der Waals surface area contributed by atoms with Crippen LogP contribution in [0, 0.1) is 0 Å². The van der Waals surface area contributed by atoms with Crippen molar-refractivity contribution in [2.45, 2.75) is 0 Å². The molecule has 0 saturated carbocycles. The van der Waals surface area contributed by atoms with Gasteiger partial charge in [0.25, 0.3) is 5.91 Å². The molecule has 1 amide bonds. The number of likely N-dealkylation sites (N-methyl/N-ethyl adjacent to an activating group) is 1. The Hall–Kier alpha value is -1.13. The van der Waals surface area contributed by atoms with Crippen LogP contribution >= 0.6 is 23.2 Å². The van der Waals surface area contributed by atoms with Crippen molar-refractivity contribution in [1.29, 1.82) is 0 Å². The summed E-state index contributed by atoms with van der Waals surface area (Å²) in [5.41, 5.74) is 5.98. The molecule has 0 fully saturated rings. The van der Waals surface area contributed by atoms with Crippen LogP contribution in [0.3, 0.4) is 0 Å². The van der Waals surface area contributed by atoms with E-state index in [0.717, 1.165) is 0 Å². The minimum atomic E-state index is -0.176. The first kappa shape index (κ1) is 12.9. The van der Waals surface area contributed by atoms with Crippen LogP contribution in [0.2, 0.25) is 10.0 Å². The Morgan fingerprint density at radius 1 is 1.44 bits per heavy atom. The molecule has 1 rings (SSSR count). The molecule has 6 heteroatoms. The zero-order valence-corrected chi connectivity index (χ0v) is 10.5. The molecule has 0 heterocycles. The standard InChI is InChI=1S/C10H12Cl2N2O2/c1-14(2)9(15)5-16-10-7(12)3-6(11)4-8(10)13/h3-4H,5,13H2,1-2H3. The Labute approximate surface area is 104 Å². The van der Waals surface area contributed by atoms with E-state index in [1.807, 2.05) is 0 Å². The molecule has 0 bridgehead atoms. The number of rotatable bonds is 3. The van der Waals surface area contributed by atoms with Gasteiger partial charge >= 0.3 is 0 Å². The van der Waals surface area contributed by atoms with Crippen LogP contribution in [0.5, 0.6) is 5.75 Å². The third-order valence-electron chi connectivity index (χ3n) is 1.88. The maximum absolute atomic E-state index is 11.3. The molecule has 2 N–H and O–H groups in total. The predicted molar refractivity (Wildman–Crippen MR) is 65.1 cm³/mol. The average Bonchev–Trinajstić information content (AvgIpc) is 2.15. The number of hydrogen-bond donors (Lipinski definition) is 1. The first-order valence-corrected chi connectivity index (χ1v) is 5.25. The minimum absolute atomic E-state index is 0.113. The summed E-state index contributed by atoms with van der Waals surface area (Å²) in [6, 6.07) is 3.03. The van der Waals surface area contributed by atoms with E-state index in [4.69, 9.17) is 33.7 Å². The van der Waals surface area contributed by atoms with Crippen molar-refractivity contribution in [3.63, 3.8) is 0 Å². The molecule has 0 atom stereocenters. The number of amides is 1. The van der Waals surface area contributed by atoms with Gasteiger partial charge in [-0.15, -0.1) is 0 Å². The number of halogens is 2. The Morgan fingerprint density at radius 2 is 2.06 bits per heavy atom. The van der Waals surface area contributed by atoms with Gasteiger partial charge in [-0.3, -0.25) is 4.79 Å². The molecular weight excluding hydrogens is 251 g/mol. The number of carbonyl (C=O) groups excluding carboxylic acids is 1. The number of ether oxygens (including phenoxy) is 1. The third kappa shape index (κ3) is 3.18. The van der Waals surface area contributed by atoms with Gasteiger partial charge in [0.1, 0.15) is 0 Å². The number of benzene rings is 1.